The maximum atomic E-state index is 12.5. The van der Waals surface area contributed by atoms with E-state index in [2.05, 4.69) is 11.1 Å². The number of aliphatic carboxylic acids is 1. The first-order valence-corrected chi connectivity index (χ1v) is 9.51. The van der Waals surface area contributed by atoms with Crippen molar-refractivity contribution < 1.29 is 14.7 Å². The first kappa shape index (κ1) is 19.4. The van der Waals surface area contributed by atoms with Gasteiger partial charge in [0, 0.05) is 36.3 Å². The minimum Gasteiger partial charge on any atom is -0.481 e. The summed E-state index contributed by atoms with van der Waals surface area (Å²) in [6, 6.07) is 7.85. The first-order chi connectivity index (χ1) is 12.9. The van der Waals surface area contributed by atoms with Crippen molar-refractivity contribution in [1.29, 1.82) is 0 Å². The van der Waals surface area contributed by atoms with Crippen LogP contribution in [0.5, 0.6) is 0 Å². The molecule has 0 bridgehead atoms. The van der Waals surface area contributed by atoms with Gasteiger partial charge in [-0.1, -0.05) is 35.4 Å². The first-order valence-electron chi connectivity index (χ1n) is 9.14. The summed E-state index contributed by atoms with van der Waals surface area (Å²) in [6.45, 7) is 5.19. The van der Waals surface area contributed by atoms with Gasteiger partial charge in [0.15, 0.2) is 0 Å². The molecule has 1 aromatic carbocycles. The molecule has 1 amide bonds. The van der Waals surface area contributed by atoms with E-state index >= 15 is 0 Å². The number of carboxylic acid groups (broad SMARTS) is 1. The van der Waals surface area contributed by atoms with Crippen LogP contribution in [0.2, 0.25) is 5.15 Å². The van der Waals surface area contributed by atoms with E-state index in [1.54, 1.807) is 12.3 Å². The molecule has 1 aliphatic carbocycles. The van der Waals surface area contributed by atoms with E-state index in [0.29, 0.717) is 18.7 Å². The van der Waals surface area contributed by atoms with Crippen molar-refractivity contribution in [1.82, 2.24) is 9.88 Å². The molecule has 0 spiro atoms. The standard InChI is InChI=1S/C21H23ClN2O3/c1-3-24(21(27)14-5-6-14)12-17-8-13(2)4-7-18(17)16-9-15(10-19(25)26)20(22)23-11-16/h4,7-9,11,14H,3,5-6,10,12H2,1-2H3,(H,25,26). The van der Waals surface area contributed by atoms with Gasteiger partial charge in [0.25, 0.3) is 0 Å². The summed E-state index contributed by atoms with van der Waals surface area (Å²) >= 11 is 6.06. The largest absolute Gasteiger partial charge is 0.481 e. The number of pyridine rings is 1. The van der Waals surface area contributed by atoms with Crippen LogP contribution in [0.1, 0.15) is 36.5 Å². The van der Waals surface area contributed by atoms with E-state index in [1.807, 2.05) is 30.9 Å². The Hall–Kier alpha value is -2.40. The number of benzene rings is 1. The van der Waals surface area contributed by atoms with Crippen LogP contribution in [0, 0.1) is 12.8 Å². The van der Waals surface area contributed by atoms with Gasteiger partial charge in [-0.2, -0.15) is 0 Å². The Morgan fingerprint density at radius 3 is 2.63 bits per heavy atom. The lowest BCUT2D eigenvalue weighted by Gasteiger charge is -2.23. The van der Waals surface area contributed by atoms with Crippen LogP contribution in [0.4, 0.5) is 0 Å². The van der Waals surface area contributed by atoms with Crippen molar-refractivity contribution in [3.63, 3.8) is 0 Å². The maximum absolute atomic E-state index is 12.5. The molecule has 3 rings (SSSR count). The summed E-state index contributed by atoms with van der Waals surface area (Å²) in [7, 11) is 0. The number of nitrogens with zero attached hydrogens (tertiary/aromatic N) is 2. The second kappa shape index (κ2) is 8.09. The molecule has 0 aliphatic heterocycles. The molecule has 0 saturated heterocycles. The number of hydrogen-bond acceptors (Lipinski definition) is 3. The van der Waals surface area contributed by atoms with Crippen molar-refractivity contribution >= 4 is 23.5 Å². The molecule has 6 heteroatoms. The molecule has 142 valence electrons. The molecule has 0 atom stereocenters. The van der Waals surface area contributed by atoms with Gasteiger partial charge in [-0.3, -0.25) is 9.59 Å². The van der Waals surface area contributed by atoms with Gasteiger partial charge < -0.3 is 10.0 Å². The molecule has 5 nitrogen and oxygen atoms in total. The van der Waals surface area contributed by atoms with Crippen molar-refractivity contribution in [2.75, 3.05) is 6.54 Å². The highest BCUT2D eigenvalue weighted by Gasteiger charge is 2.33. The Labute approximate surface area is 164 Å². The van der Waals surface area contributed by atoms with E-state index in [0.717, 1.165) is 35.1 Å². The summed E-state index contributed by atoms with van der Waals surface area (Å²) in [5.74, 6) is -0.560. The van der Waals surface area contributed by atoms with E-state index in [4.69, 9.17) is 16.7 Å². The topological polar surface area (TPSA) is 70.5 Å². The Balaban J connectivity index is 1.96. The van der Waals surface area contributed by atoms with Crippen molar-refractivity contribution in [3.8, 4) is 11.1 Å². The number of rotatable bonds is 7. The molecule has 1 saturated carbocycles. The molecule has 1 fully saturated rings. The third-order valence-electron chi connectivity index (χ3n) is 4.81. The molecule has 0 radical (unpaired) electrons. The SMILES string of the molecule is CCN(Cc1cc(C)ccc1-c1cnc(Cl)c(CC(=O)O)c1)C(=O)C1CC1. The van der Waals surface area contributed by atoms with Crippen LogP contribution in [-0.2, 0) is 22.6 Å². The minimum absolute atomic E-state index is 0.178. The van der Waals surface area contributed by atoms with Crippen LogP contribution in [-0.4, -0.2) is 33.4 Å². The normalized spacial score (nSPS) is 13.4. The van der Waals surface area contributed by atoms with Gasteiger partial charge in [0.1, 0.15) is 5.15 Å². The number of halogens is 1. The predicted octanol–water partition coefficient (Wildman–Crippen LogP) is 4.10. The van der Waals surface area contributed by atoms with Gasteiger partial charge in [-0.05, 0) is 43.9 Å². The van der Waals surface area contributed by atoms with E-state index in [9.17, 15) is 9.59 Å². The van der Waals surface area contributed by atoms with Crippen LogP contribution in [0.15, 0.2) is 30.5 Å². The number of carboxylic acids is 1. The molecule has 27 heavy (non-hydrogen) atoms. The van der Waals surface area contributed by atoms with Crippen molar-refractivity contribution in [3.05, 3.63) is 52.3 Å². The number of aromatic nitrogens is 1. The molecule has 2 aromatic rings. The van der Waals surface area contributed by atoms with Crippen LogP contribution < -0.4 is 0 Å². The van der Waals surface area contributed by atoms with E-state index < -0.39 is 5.97 Å². The van der Waals surface area contributed by atoms with Crippen molar-refractivity contribution in [2.45, 2.75) is 39.7 Å². The Morgan fingerprint density at radius 1 is 1.26 bits per heavy atom. The zero-order valence-electron chi connectivity index (χ0n) is 15.5. The fraction of sp³-hybridized carbons (Fsp3) is 0.381. The fourth-order valence-electron chi connectivity index (χ4n) is 3.20. The van der Waals surface area contributed by atoms with Gasteiger partial charge in [0.2, 0.25) is 5.91 Å². The zero-order chi connectivity index (χ0) is 19.6. The summed E-state index contributed by atoms with van der Waals surface area (Å²) in [5, 5.41) is 9.29. The van der Waals surface area contributed by atoms with Crippen molar-refractivity contribution in [2.24, 2.45) is 5.92 Å². The van der Waals surface area contributed by atoms with Gasteiger partial charge in [-0.25, -0.2) is 4.98 Å². The summed E-state index contributed by atoms with van der Waals surface area (Å²) in [4.78, 5) is 29.7. The molecular formula is C21H23ClN2O3. The highest BCUT2D eigenvalue weighted by atomic mass is 35.5. The third-order valence-corrected chi connectivity index (χ3v) is 5.15. The molecular weight excluding hydrogens is 364 g/mol. The fourth-order valence-corrected chi connectivity index (χ4v) is 3.37. The Kier molecular flexibility index (Phi) is 5.80. The van der Waals surface area contributed by atoms with E-state index in [-0.39, 0.29) is 23.4 Å². The molecule has 1 heterocycles. The predicted molar refractivity (Wildman–Crippen MR) is 105 cm³/mol. The van der Waals surface area contributed by atoms with Crippen LogP contribution >= 0.6 is 11.6 Å². The summed E-state index contributed by atoms with van der Waals surface area (Å²) in [5.41, 5.74) is 4.36. The Bertz CT molecular complexity index is 878. The third kappa shape index (κ3) is 4.66. The smallest absolute Gasteiger partial charge is 0.307 e. The number of hydrogen-bond donors (Lipinski definition) is 1. The number of carbonyl (C=O) groups is 2. The number of amides is 1. The lowest BCUT2D eigenvalue weighted by atomic mass is 9.97. The summed E-state index contributed by atoms with van der Waals surface area (Å²) in [6.07, 6.45) is 3.44. The zero-order valence-corrected chi connectivity index (χ0v) is 16.3. The monoisotopic (exact) mass is 386 g/mol. The summed E-state index contributed by atoms with van der Waals surface area (Å²) < 4.78 is 0. The highest BCUT2D eigenvalue weighted by molar-refractivity contribution is 6.30. The van der Waals surface area contributed by atoms with E-state index in [1.165, 1.54) is 0 Å². The highest BCUT2D eigenvalue weighted by Crippen LogP contribution is 2.33. The lowest BCUT2D eigenvalue weighted by molar-refractivity contribution is -0.136. The number of aryl methyl sites for hydroxylation is 1. The molecule has 1 N–H and O–H groups in total. The van der Waals surface area contributed by atoms with Gasteiger partial charge >= 0.3 is 5.97 Å². The van der Waals surface area contributed by atoms with Crippen LogP contribution in [0.3, 0.4) is 0 Å². The minimum atomic E-state index is -0.952. The van der Waals surface area contributed by atoms with Crippen LogP contribution in [0.25, 0.3) is 11.1 Å². The van der Waals surface area contributed by atoms with Gasteiger partial charge in [0.05, 0.1) is 6.42 Å². The lowest BCUT2D eigenvalue weighted by Crippen LogP contribution is -2.31. The average Bonchev–Trinajstić information content (AvgIpc) is 3.46. The molecule has 1 aliphatic rings. The average molecular weight is 387 g/mol. The quantitative estimate of drug-likeness (QED) is 0.727. The second-order valence-electron chi connectivity index (χ2n) is 7.03. The van der Waals surface area contributed by atoms with Gasteiger partial charge in [-0.15, -0.1) is 0 Å². The molecule has 1 aromatic heterocycles. The number of carbonyl (C=O) groups excluding carboxylic acids is 1. The molecule has 0 unspecified atom stereocenters. The maximum Gasteiger partial charge on any atom is 0.307 e. The second-order valence-corrected chi connectivity index (χ2v) is 7.39. The Morgan fingerprint density at radius 2 is 2.00 bits per heavy atom.